The van der Waals surface area contributed by atoms with Crippen molar-refractivity contribution in [3.63, 3.8) is 0 Å². The van der Waals surface area contributed by atoms with Crippen molar-refractivity contribution in [2.45, 2.75) is 45.3 Å². The second-order valence-corrected chi connectivity index (χ2v) is 8.48. The van der Waals surface area contributed by atoms with Gasteiger partial charge >= 0.3 is 0 Å². The zero-order valence-electron chi connectivity index (χ0n) is 16.7. The highest BCUT2D eigenvalue weighted by Gasteiger charge is 2.45. The molecule has 8 nitrogen and oxygen atoms in total. The van der Waals surface area contributed by atoms with E-state index in [1.807, 2.05) is 33.5 Å². The average Bonchev–Trinajstić information content (AvgIpc) is 3.07. The third-order valence-corrected chi connectivity index (χ3v) is 6.58. The number of hydrogen-bond donors (Lipinski definition) is 0. The van der Waals surface area contributed by atoms with Gasteiger partial charge in [-0.25, -0.2) is 0 Å². The largest absolute Gasteiger partial charge is 0.342 e. The Bertz CT molecular complexity index is 1050. The Kier molecular flexibility index (Phi) is 4.11. The summed E-state index contributed by atoms with van der Waals surface area (Å²) < 4.78 is 3.66. The van der Waals surface area contributed by atoms with Gasteiger partial charge in [0.05, 0.1) is 24.5 Å². The standard InChI is InChI=1S/C21H25N5O3/c1-13-8-17-12-23(6-7-25(17)22-13)21(29)20-16-9-15(10-24(11-16)14(2)27)18-4-3-5-19(28)26(18)20/h3-5,8,15-16,20H,6-7,9-12H2,1-2H3/t15-,16+,20-/m1/s1. The number of rotatable bonds is 1. The number of hydrogen-bond acceptors (Lipinski definition) is 4. The molecule has 29 heavy (non-hydrogen) atoms. The van der Waals surface area contributed by atoms with E-state index in [1.165, 1.54) is 6.07 Å². The quantitative estimate of drug-likeness (QED) is 0.719. The van der Waals surface area contributed by atoms with Crippen LogP contribution in [0.3, 0.4) is 0 Å². The van der Waals surface area contributed by atoms with Gasteiger partial charge in [0.25, 0.3) is 5.56 Å². The molecule has 0 N–H and O–H groups in total. The highest BCUT2D eigenvalue weighted by Crippen LogP contribution is 2.42. The summed E-state index contributed by atoms with van der Waals surface area (Å²) in [4.78, 5) is 42.3. The molecule has 1 fully saturated rings. The van der Waals surface area contributed by atoms with E-state index >= 15 is 0 Å². The number of carbonyl (C=O) groups is 2. The van der Waals surface area contributed by atoms with Crippen molar-refractivity contribution in [3.8, 4) is 0 Å². The first-order chi connectivity index (χ1) is 13.9. The molecule has 3 atom stereocenters. The molecule has 0 spiro atoms. The van der Waals surface area contributed by atoms with Crippen LogP contribution in [0.25, 0.3) is 0 Å². The molecule has 8 heteroatoms. The smallest absolute Gasteiger partial charge is 0.251 e. The van der Waals surface area contributed by atoms with Gasteiger partial charge in [-0.2, -0.15) is 5.10 Å². The van der Waals surface area contributed by atoms with Crippen LogP contribution in [0.4, 0.5) is 0 Å². The first kappa shape index (κ1) is 18.1. The van der Waals surface area contributed by atoms with Crippen LogP contribution in [0, 0.1) is 12.8 Å². The number of pyridine rings is 1. The van der Waals surface area contributed by atoms with E-state index in [0.29, 0.717) is 32.7 Å². The minimum absolute atomic E-state index is 0.0231. The molecule has 152 valence electrons. The molecule has 2 aromatic rings. The minimum Gasteiger partial charge on any atom is -0.342 e. The molecule has 5 rings (SSSR count). The van der Waals surface area contributed by atoms with Gasteiger partial charge in [0.2, 0.25) is 11.8 Å². The van der Waals surface area contributed by atoms with Crippen molar-refractivity contribution in [2.75, 3.05) is 19.6 Å². The summed E-state index contributed by atoms with van der Waals surface area (Å²) in [6.45, 7) is 6.39. The normalized spacial score (nSPS) is 25.4. The van der Waals surface area contributed by atoms with E-state index in [2.05, 4.69) is 5.10 Å². The van der Waals surface area contributed by atoms with Gasteiger partial charge in [0.1, 0.15) is 6.04 Å². The second kappa shape index (κ2) is 6.57. The Hall–Kier alpha value is -2.90. The van der Waals surface area contributed by atoms with Gasteiger partial charge in [0.15, 0.2) is 0 Å². The molecule has 0 unspecified atom stereocenters. The van der Waals surface area contributed by atoms with Gasteiger partial charge in [-0.05, 0) is 25.5 Å². The van der Waals surface area contributed by atoms with E-state index in [4.69, 9.17) is 0 Å². The fourth-order valence-electron chi connectivity index (χ4n) is 5.29. The summed E-state index contributed by atoms with van der Waals surface area (Å²) in [5, 5.41) is 4.47. The van der Waals surface area contributed by atoms with Crippen LogP contribution < -0.4 is 5.56 Å². The van der Waals surface area contributed by atoms with Crippen LogP contribution in [-0.2, 0) is 22.7 Å². The molecule has 1 saturated heterocycles. The van der Waals surface area contributed by atoms with Gasteiger partial charge < -0.3 is 9.80 Å². The Balaban J connectivity index is 1.53. The number of carbonyl (C=O) groups excluding carboxylic acids is 2. The molecule has 2 bridgehead atoms. The molecular weight excluding hydrogens is 370 g/mol. The molecule has 3 aliphatic heterocycles. The lowest BCUT2D eigenvalue weighted by Crippen LogP contribution is -2.55. The number of piperidine rings is 1. The van der Waals surface area contributed by atoms with Gasteiger partial charge in [0, 0.05) is 50.2 Å². The number of aromatic nitrogens is 3. The highest BCUT2D eigenvalue weighted by atomic mass is 16.2. The van der Waals surface area contributed by atoms with Crippen LogP contribution in [0.1, 0.15) is 42.4 Å². The molecule has 3 aliphatic rings. The van der Waals surface area contributed by atoms with E-state index < -0.39 is 6.04 Å². The summed E-state index contributed by atoms with van der Waals surface area (Å²) in [5.74, 6) is 0.0424. The monoisotopic (exact) mass is 395 g/mol. The Morgan fingerprint density at radius 1 is 1.14 bits per heavy atom. The average molecular weight is 395 g/mol. The number of nitrogens with zero attached hydrogens (tertiary/aromatic N) is 5. The predicted octanol–water partition coefficient (Wildman–Crippen LogP) is 0.902. The predicted molar refractivity (Wildman–Crippen MR) is 105 cm³/mol. The number of likely N-dealkylation sites (tertiary alicyclic amines) is 1. The molecular formula is C21H25N5O3. The maximum atomic E-state index is 13.7. The molecule has 5 heterocycles. The van der Waals surface area contributed by atoms with Crippen molar-refractivity contribution in [1.82, 2.24) is 24.1 Å². The van der Waals surface area contributed by atoms with Crippen molar-refractivity contribution >= 4 is 11.8 Å². The van der Waals surface area contributed by atoms with Crippen LogP contribution in [0.15, 0.2) is 29.1 Å². The van der Waals surface area contributed by atoms with E-state index in [0.717, 1.165) is 23.5 Å². The Labute approximate surface area is 168 Å². The third kappa shape index (κ3) is 2.89. The zero-order valence-corrected chi connectivity index (χ0v) is 16.7. The van der Waals surface area contributed by atoms with Crippen molar-refractivity contribution < 1.29 is 9.59 Å². The number of amides is 2. The van der Waals surface area contributed by atoms with Crippen LogP contribution in [0.2, 0.25) is 0 Å². The zero-order chi connectivity index (χ0) is 20.3. The molecule has 0 radical (unpaired) electrons. The van der Waals surface area contributed by atoms with E-state index in [-0.39, 0.29) is 29.2 Å². The van der Waals surface area contributed by atoms with E-state index in [1.54, 1.807) is 17.6 Å². The summed E-state index contributed by atoms with van der Waals surface area (Å²) in [6.07, 6.45) is 0.828. The Morgan fingerprint density at radius 3 is 2.76 bits per heavy atom. The lowest BCUT2D eigenvalue weighted by Gasteiger charge is -2.47. The lowest BCUT2D eigenvalue weighted by atomic mass is 9.78. The first-order valence-corrected chi connectivity index (χ1v) is 10.2. The molecule has 0 aliphatic carbocycles. The highest BCUT2D eigenvalue weighted by molar-refractivity contribution is 5.82. The van der Waals surface area contributed by atoms with Crippen LogP contribution in [0.5, 0.6) is 0 Å². The van der Waals surface area contributed by atoms with Crippen molar-refractivity contribution in [3.05, 3.63) is 51.7 Å². The summed E-state index contributed by atoms with van der Waals surface area (Å²) >= 11 is 0. The topological polar surface area (TPSA) is 80.4 Å². The Morgan fingerprint density at radius 2 is 1.97 bits per heavy atom. The summed E-state index contributed by atoms with van der Waals surface area (Å²) in [7, 11) is 0. The molecule has 2 aromatic heterocycles. The molecule has 0 saturated carbocycles. The first-order valence-electron chi connectivity index (χ1n) is 10.2. The van der Waals surface area contributed by atoms with Crippen molar-refractivity contribution in [1.29, 1.82) is 0 Å². The molecule has 0 aromatic carbocycles. The fraction of sp³-hybridized carbons (Fsp3) is 0.524. The number of aryl methyl sites for hydroxylation is 1. The maximum absolute atomic E-state index is 13.7. The second-order valence-electron chi connectivity index (χ2n) is 8.48. The van der Waals surface area contributed by atoms with Crippen LogP contribution >= 0.6 is 0 Å². The van der Waals surface area contributed by atoms with E-state index in [9.17, 15) is 14.4 Å². The summed E-state index contributed by atoms with van der Waals surface area (Å²) in [6, 6.07) is 6.66. The third-order valence-electron chi connectivity index (χ3n) is 6.58. The van der Waals surface area contributed by atoms with Gasteiger partial charge in [-0.3, -0.25) is 23.6 Å². The molecule has 2 amide bonds. The minimum atomic E-state index is -0.562. The lowest BCUT2D eigenvalue weighted by molar-refractivity contribution is -0.142. The number of fused-ring (bicyclic) bond motifs is 5. The SMILES string of the molecule is CC(=O)N1C[C@H]2C[C@@H](C1)[C@H](C(=O)N1CCn3nc(C)cc3C1)n1c2cccc1=O. The van der Waals surface area contributed by atoms with Gasteiger partial charge in [-0.15, -0.1) is 0 Å². The fourth-order valence-corrected chi connectivity index (χ4v) is 5.29. The van der Waals surface area contributed by atoms with Crippen molar-refractivity contribution in [2.24, 2.45) is 5.92 Å². The van der Waals surface area contributed by atoms with Gasteiger partial charge in [-0.1, -0.05) is 6.07 Å². The van der Waals surface area contributed by atoms with Crippen LogP contribution in [-0.4, -0.2) is 55.6 Å². The summed E-state index contributed by atoms with van der Waals surface area (Å²) in [5.41, 5.74) is 2.70. The maximum Gasteiger partial charge on any atom is 0.251 e.